The summed E-state index contributed by atoms with van der Waals surface area (Å²) in [5, 5.41) is 0. The minimum atomic E-state index is -0.492. The first-order valence-electron chi connectivity index (χ1n) is 16.9. The van der Waals surface area contributed by atoms with Crippen LogP contribution in [-0.4, -0.2) is 15.0 Å². The van der Waals surface area contributed by atoms with Crippen molar-refractivity contribution < 1.29 is 4.74 Å². The summed E-state index contributed by atoms with van der Waals surface area (Å²) in [6, 6.07) is 61.1. The van der Waals surface area contributed by atoms with Crippen molar-refractivity contribution in [3.8, 4) is 67.9 Å². The number of hydrogen-bond acceptors (Lipinski definition) is 4. The molecule has 8 aromatic rings. The zero-order valence-corrected chi connectivity index (χ0v) is 27.0. The van der Waals surface area contributed by atoms with Crippen LogP contribution in [0.4, 0.5) is 0 Å². The van der Waals surface area contributed by atoms with Crippen molar-refractivity contribution in [3.05, 3.63) is 198 Å². The maximum Gasteiger partial charge on any atom is 0.160 e. The van der Waals surface area contributed by atoms with Crippen LogP contribution in [-0.2, 0) is 5.41 Å². The molecule has 4 heteroatoms. The Morgan fingerprint density at radius 3 is 1.66 bits per heavy atom. The van der Waals surface area contributed by atoms with E-state index in [4.69, 9.17) is 19.7 Å². The van der Waals surface area contributed by atoms with E-state index >= 15 is 0 Å². The van der Waals surface area contributed by atoms with Crippen LogP contribution in [0.2, 0.25) is 0 Å². The summed E-state index contributed by atoms with van der Waals surface area (Å²) in [7, 11) is 0. The van der Waals surface area contributed by atoms with Gasteiger partial charge < -0.3 is 4.74 Å². The maximum atomic E-state index is 6.75. The molecule has 0 saturated heterocycles. The summed E-state index contributed by atoms with van der Waals surface area (Å²) >= 11 is 0. The van der Waals surface area contributed by atoms with Crippen molar-refractivity contribution in [3.63, 3.8) is 0 Å². The van der Waals surface area contributed by atoms with Crippen LogP contribution in [0.25, 0.3) is 56.4 Å². The van der Waals surface area contributed by atoms with Gasteiger partial charge in [0.2, 0.25) is 0 Å². The van der Waals surface area contributed by atoms with Crippen LogP contribution >= 0.6 is 0 Å². The number of nitrogens with zero attached hydrogens (tertiary/aromatic N) is 3. The fourth-order valence-electron chi connectivity index (χ4n) is 7.81. The lowest BCUT2D eigenvalue weighted by Crippen LogP contribution is -2.32. The Kier molecular flexibility index (Phi) is 6.36. The molecule has 0 bridgehead atoms. The van der Waals surface area contributed by atoms with Crippen LogP contribution in [0.5, 0.6) is 11.5 Å². The van der Waals surface area contributed by atoms with E-state index in [2.05, 4.69) is 103 Å². The van der Waals surface area contributed by atoms with Crippen molar-refractivity contribution in [2.75, 3.05) is 0 Å². The van der Waals surface area contributed by atoms with E-state index in [9.17, 15) is 0 Å². The van der Waals surface area contributed by atoms with Gasteiger partial charge in [-0.2, -0.15) is 0 Å². The normalized spacial score (nSPS) is 13.1. The SMILES string of the molecule is c1ccc(-c2cc(-c3cccc(-c4ccc5c(c4)Oc4ccccc4C54c5ccccc5-c5ccccc54)n3)nc(-c3ccccc3)n2)cc1. The molecule has 2 aliphatic rings. The molecule has 1 aliphatic carbocycles. The number of pyridine rings is 1. The molecule has 3 heterocycles. The largest absolute Gasteiger partial charge is 0.457 e. The van der Waals surface area contributed by atoms with Gasteiger partial charge in [-0.05, 0) is 52.6 Å². The Hall–Kier alpha value is -6.65. The topological polar surface area (TPSA) is 47.9 Å². The minimum Gasteiger partial charge on any atom is -0.457 e. The number of fused-ring (bicyclic) bond motifs is 9. The summed E-state index contributed by atoms with van der Waals surface area (Å²) in [4.78, 5) is 15.2. The summed E-state index contributed by atoms with van der Waals surface area (Å²) < 4.78 is 6.75. The summed E-state index contributed by atoms with van der Waals surface area (Å²) in [5.41, 5.74) is 13.1. The molecule has 0 atom stereocenters. The molecule has 50 heavy (non-hydrogen) atoms. The molecule has 1 spiro atoms. The molecule has 4 nitrogen and oxygen atoms in total. The first-order valence-corrected chi connectivity index (χ1v) is 16.9. The van der Waals surface area contributed by atoms with Crippen LogP contribution in [0.15, 0.2) is 176 Å². The monoisotopic (exact) mass is 639 g/mol. The van der Waals surface area contributed by atoms with Gasteiger partial charge in [-0.3, -0.25) is 0 Å². The first-order chi connectivity index (χ1) is 24.8. The Morgan fingerprint density at radius 2 is 0.920 bits per heavy atom. The quantitative estimate of drug-likeness (QED) is 0.192. The number of aromatic nitrogens is 3. The standard InChI is InChI=1S/C46H29N3O/c1-3-14-30(15-4-1)41-29-42(49-45(48-41)31-16-5-2-6-17-31)40-24-13-23-39(47-40)32-26-27-38-44(28-32)50-43-25-12-11-22-37(43)46(38)35-20-9-7-18-33(35)34-19-8-10-21-36(34)46/h1-29H. The highest BCUT2D eigenvalue weighted by molar-refractivity contribution is 5.89. The smallest absolute Gasteiger partial charge is 0.160 e. The van der Waals surface area contributed by atoms with Crippen LogP contribution in [0.1, 0.15) is 22.3 Å². The van der Waals surface area contributed by atoms with Gasteiger partial charge in [0.1, 0.15) is 11.5 Å². The number of rotatable bonds is 4. The van der Waals surface area contributed by atoms with Gasteiger partial charge in [0.05, 0.1) is 28.2 Å². The Labute approximate surface area is 290 Å². The Balaban J connectivity index is 1.12. The second-order valence-corrected chi connectivity index (χ2v) is 12.8. The number of para-hydroxylation sites is 1. The zero-order valence-electron chi connectivity index (χ0n) is 27.0. The van der Waals surface area contributed by atoms with Gasteiger partial charge in [0.15, 0.2) is 5.82 Å². The molecule has 234 valence electrons. The van der Waals surface area contributed by atoms with Crippen molar-refractivity contribution in [1.29, 1.82) is 0 Å². The molecule has 6 aromatic carbocycles. The zero-order chi connectivity index (χ0) is 33.1. The molecule has 0 amide bonds. The van der Waals surface area contributed by atoms with Gasteiger partial charge in [-0.25, -0.2) is 15.0 Å². The number of ether oxygens (including phenoxy) is 1. The average Bonchev–Trinajstić information content (AvgIpc) is 3.49. The second-order valence-electron chi connectivity index (χ2n) is 12.8. The number of benzene rings is 6. The van der Waals surface area contributed by atoms with E-state index in [-0.39, 0.29) is 0 Å². The highest BCUT2D eigenvalue weighted by atomic mass is 16.5. The van der Waals surface area contributed by atoms with E-state index in [1.54, 1.807) is 0 Å². The predicted octanol–water partition coefficient (Wildman–Crippen LogP) is 11.0. The van der Waals surface area contributed by atoms with E-state index in [1.165, 1.54) is 22.3 Å². The Bertz CT molecular complexity index is 2480. The maximum absolute atomic E-state index is 6.75. The van der Waals surface area contributed by atoms with Crippen molar-refractivity contribution in [2.45, 2.75) is 5.41 Å². The molecule has 0 fully saturated rings. The molecule has 0 unspecified atom stereocenters. The van der Waals surface area contributed by atoms with E-state index in [0.717, 1.165) is 62.1 Å². The highest BCUT2D eigenvalue weighted by Crippen LogP contribution is 2.62. The van der Waals surface area contributed by atoms with Crippen LogP contribution in [0.3, 0.4) is 0 Å². The highest BCUT2D eigenvalue weighted by Gasteiger charge is 2.50. The van der Waals surface area contributed by atoms with Gasteiger partial charge in [-0.1, -0.05) is 146 Å². The summed E-state index contributed by atoms with van der Waals surface area (Å²) in [5.74, 6) is 2.37. The molecule has 10 rings (SSSR count). The van der Waals surface area contributed by atoms with E-state index in [0.29, 0.717) is 5.82 Å². The third-order valence-electron chi connectivity index (χ3n) is 9.98. The van der Waals surface area contributed by atoms with Crippen molar-refractivity contribution in [1.82, 2.24) is 15.0 Å². The van der Waals surface area contributed by atoms with Crippen LogP contribution < -0.4 is 4.74 Å². The molecule has 0 saturated carbocycles. The second kappa shape index (κ2) is 11.2. The van der Waals surface area contributed by atoms with E-state index < -0.39 is 5.41 Å². The lowest BCUT2D eigenvalue weighted by Gasteiger charge is -2.39. The molecular formula is C46H29N3O. The first kappa shape index (κ1) is 28.4. The lowest BCUT2D eigenvalue weighted by molar-refractivity contribution is 0.436. The molecule has 0 N–H and O–H groups in total. The molecular weight excluding hydrogens is 611 g/mol. The summed E-state index contributed by atoms with van der Waals surface area (Å²) in [6.07, 6.45) is 0. The van der Waals surface area contributed by atoms with E-state index in [1.807, 2.05) is 72.8 Å². The third-order valence-corrected chi connectivity index (χ3v) is 9.98. The minimum absolute atomic E-state index is 0.492. The molecule has 2 aromatic heterocycles. The fraction of sp³-hybridized carbons (Fsp3) is 0.0217. The lowest BCUT2D eigenvalue weighted by atomic mass is 9.66. The predicted molar refractivity (Wildman–Crippen MR) is 199 cm³/mol. The van der Waals surface area contributed by atoms with Gasteiger partial charge >= 0.3 is 0 Å². The van der Waals surface area contributed by atoms with Crippen molar-refractivity contribution >= 4 is 0 Å². The average molecular weight is 640 g/mol. The van der Waals surface area contributed by atoms with Gasteiger partial charge in [0, 0.05) is 27.8 Å². The van der Waals surface area contributed by atoms with Gasteiger partial charge in [0.25, 0.3) is 0 Å². The Morgan fingerprint density at radius 1 is 0.340 bits per heavy atom. The fourth-order valence-corrected chi connectivity index (χ4v) is 7.81. The van der Waals surface area contributed by atoms with Crippen molar-refractivity contribution in [2.24, 2.45) is 0 Å². The van der Waals surface area contributed by atoms with Crippen LogP contribution in [0, 0.1) is 0 Å². The third kappa shape index (κ3) is 4.28. The summed E-state index contributed by atoms with van der Waals surface area (Å²) in [6.45, 7) is 0. The number of hydrogen-bond donors (Lipinski definition) is 0. The van der Waals surface area contributed by atoms with Gasteiger partial charge in [-0.15, -0.1) is 0 Å². The molecule has 1 aliphatic heterocycles. The molecule has 0 radical (unpaired) electrons.